The Balaban J connectivity index is 1.65. The van der Waals surface area contributed by atoms with Crippen molar-refractivity contribution in [1.29, 1.82) is 0 Å². The van der Waals surface area contributed by atoms with Crippen LogP contribution in [0.25, 0.3) is 10.2 Å². The zero-order valence-corrected chi connectivity index (χ0v) is 17.7. The van der Waals surface area contributed by atoms with Gasteiger partial charge in [-0.3, -0.25) is 0 Å². The van der Waals surface area contributed by atoms with Crippen molar-refractivity contribution < 1.29 is 17.9 Å². The van der Waals surface area contributed by atoms with E-state index in [1.54, 1.807) is 22.6 Å². The van der Waals surface area contributed by atoms with Gasteiger partial charge in [0.25, 0.3) is 0 Å². The summed E-state index contributed by atoms with van der Waals surface area (Å²) in [6.07, 6.45) is 2.54. The van der Waals surface area contributed by atoms with Crippen LogP contribution in [-0.4, -0.2) is 36.8 Å². The van der Waals surface area contributed by atoms with Gasteiger partial charge in [0.1, 0.15) is 5.01 Å². The highest BCUT2D eigenvalue weighted by Crippen LogP contribution is 2.38. The van der Waals surface area contributed by atoms with E-state index in [-0.39, 0.29) is 17.5 Å². The third-order valence-electron chi connectivity index (χ3n) is 5.02. The fraction of sp³-hybridized carbons (Fsp3) is 0.333. The van der Waals surface area contributed by atoms with Crippen LogP contribution in [0.5, 0.6) is 0 Å². The molecule has 0 N–H and O–H groups in total. The standard InChI is InChI=1S/C21H22N2O4S2/c1-2-27-21(24)15-10-12-16(13-11-15)29(25,26)23-14-6-5-8-18(23)20-22-17-7-3-4-9-19(17)28-20/h3-4,7,9-13,18H,2,5-6,8,14H2,1H3. The molecule has 1 aliphatic heterocycles. The van der Waals surface area contributed by atoms with Crippen molar-refractivity contribution in [3.05, 3.63) is 59.1 Å². The summed E-state index contributed by atoms with van der Waals surface area (Å²) in [6.45, 7) is 2.47. The van der Waals surface area contributed by atoms with E-state index >= 15 is 0 Å². The Bertz CT molecular complexity index is 1090. The van der Waals surface area contributed by atoms with E-state index in [9.17, 15) is 13.2 Å². The van der Waals surface area contributed by atoms with Crippen LogP contribution in [0.1, 0.15) is 47.6 Å². The summed E-state index contributed by atoms with van der Waals surface area (Å²) in [7, 11) is -3.70. The van der Waals surface area contributed by atoms with Gasteiger partial charge in [0.15, 0.2) is 0 Å². The highest BCUT2D eigenvalue weighted by Gasteiger charge is 2.36. The molecular weight excluding hydrogens is 408 g/mol. The topological polar surface area (TPSA) is 76.6 Å². The molecule has 6 nitrogen and oxygen atoms in total. The lowest BCUT2D eigenvalue weighted by atomic mass is 10.1. The summed E-state index contributed by atoms with van der Waals surface area (Å²) in [5.74, 6) is -0.457. The van der Waals surface area contributed by atoms with Crippen molar-refractivity contribution in [3.63, 3.8) is 0 Å². The minimum atomic E-state index is -3.70. The molecule has 1 fully saturated rings. The van der Waals surface area contributed by atoms with E-state index in [0.717, 1.165) is 34.5 Å². The van der Waals surface area contributed by atoms with Crippen molar-refractivity contribution in [3.8, 4) is 0 Å². The van der Waals surface area contributed by atoms with Crippen LogP contribution >= 0.6 is 11.3 Å². The van der Waals surface area contributed by atoms with E-state index < -0.39 is 16.0 Å². The van der Waals surface area contributed by atoms with Gasteiger partial charge in [-0.25, -0.2) is 18.2 Å². The van der Waals surface area contributed by atoms with Gasteiger partial charge in [-0.15, -0.1) is 11.3 Å². The maximum Gasteiger partial charge on any atom is 0.338 e. The first-order chi connectivity index (χ1) is 14.0. The number of para-hydroxylation sites is 1. The summed E-state index contributed by atoms with van der Waals surface area (Å²) in [4.78, 5) is 16.7. The maximum atomic E-state index is 13.4. The molecule has 2 aromatic carbocycles. The Hall–Kier alpha value is -2.29. The molecule has 1 aromatic heterocycles. The summed E-state index contributed by atoms with van der Waals surface area (Å²) in [5, 5.41) is 0.831. The number of sulfonamides is 1. The molecule has 0 saturated carbocycles. The van der Waals surface area contributed by atoms with Crippen LogP contribution in [-0.2, 0) is 14.8 Å². The van der Waals surface area contributed by atoms with Crippen molar-refractivity contribution in [2.45, 2.75) is 37.1 Å². The van der Waals surface area contributed by atoms with E-state index in [1.807, 2.05) is 24.3 Å². The minimum absolute atomic E-state index is 0.179. The number of benzene rings is 2. The number of piperidine rings is 1. The summed E-state index contributed by atoms with van der Waals surface area (Å²) in [6, 6.07) is 13.5. The maximum absolute atomic E-state index is 13.4. The smallest absolute Gasteiger partial charge is 0.338 e. The lowest BCUT2D eigenvalue weighted by molar-refractivity contribution is 0.0526. The van der Waals surface area contributed by atoms with Gasteiger partial charge in [0.05, 0.1) is 33.3 Å². The number of carbonyl (C=O) groups is 1. The second-order valence-corrected chi connectivity index (χ2v) is 9.84. The van der Waals surface area contributed by atoms with E-state index in [2.05, 4.69) is 0 Å². The number of hydrogen-bond acceptors (Lipinski definition) is 6. The Morgan fingerprint density at radius 2 is 1.93 bits per heavy atom. The molecule has 4 rings (SSSR count). The molecule has 1 unspecified atom stereocenters. The van der Waals surface area contributed by atoms with Crippen LogP contribution in [0, 0.1) is 0 Å². The van der Waals surface area contributed by atoms with Crippen LogP contribution < -0.4 is 0 Å². The number of rotatable bonds is 5. The first-order valence-corrected chi connectivity index (χ1v) is 11.9. The Morgan fingerprint density at radius 1 is 1.17 bits per heavy atom. The molecule has 0 bridgehead atoms. The molecule has 0 aliphatic carbocycles. The molecule has 2 heterocycles. The average Bonchev–Trinajstić information content (AvgIpc) is 3.18. The molecule has 3 aromatic rings. The third kappa shape index (κ3) is 3.92. The molecular formula is C21H22N2O4S2. The second-order valence-electron chi connectivity index (χ2n) is 6.89. The van der Waals surface area contributed by atoms with Gasteiger partial charge in [0.2, 0.25) is 10.0 Å². The molecule has 152 valence electrons. The molecule has 8 heteroatoms. The molecule has 29 heavy (non-hydrogen) atoms. The number of fused-ring (bicyclic) bond motifs is 1. The van der Waals surface area contributed by atoms with Gasteiger partial charge >= 0.3 is 5.97 Å². The minimum Gasteiger partial charge on any atom is -0.462 e. The molecule has 1 atom stereocenters. The van der Waals surface area contributed by atoms with Crippen molar-refractivity contribution >= 4 is 37.5 Å². The lowest BCUT2D eigenvalue weighted by Gasteiger charge is -2.33. The monoisotopic (exact) mass is 430 g/mol. The zero-order valence-electron chi connectivity index (χ0n) is 16.1. The summed E-state index contributed by atoms with van der Waals surface area (Å²) >= 11 is 1.55. The number of esters is 1. The summed E-state index contributed by atoms with van der Waals surface area (Å²) in [5.41, 5.74) is 1.24. The number of aromatic nitrogens is 1. The van der Waals surface area contributed by atoms with Gasteiger partial charge in [-0.1, -0.05) is 18.6 Å². The van der Waals surface area contributed by atoms with Gasteiger partial charge in [-0.05, 0) is 56.2 Å². The molecule has 0 spiro atoms. The number of thiazole rings is 1. The Labute approximate surface area is 174 Å². The fourth-order valence-electron chi connectivity index (χ4n) is 3.58. The quantitative estimate of drug-likeness (QED) is 0.561. The number of hydrogen-bond donors (Lipinski definition) is 0. The van der Waals surface area contributed by atoms with Crippen molar-refractivity contribution in [2.24, 2.45) is 0 Å². The number of ether oxygens (including phenoxy) is 1. The Kier molecular flexibility index (Phi) is 5.67. The highest BCUT2D eigenvalue weighted by atomic mass is 32.2. The Morgan fingerprint density at radius 3 is 2.66 bits per heavy atom. The first-order valence-electron chi connectivity index (χ1n) is 9.65. The summed E-state index contributed by atoms with van der Waals surface area (Å²) < 4.78 is 34.3. The SMILES string of the molecule is CCOC(=O)c1ccc(S(=O)(=O)N2CCCCC2c2nc3ccccc3s2)cc1. The lowest BCUT2D eigenvalue weighted by Crippen LogP contribution is -2.38. The number of nitrogens with zero attached hydrogens (tertiary/aromatic N) is 2. The van der Waals surface area contributed by atoms with Crippen LogP contribution in [0.2, 0.25) is 0 Å². The average molecular weight is 431 g/mol. The number of carbonyl (C=O) groups excluding carboxylic acids is 1. The van der Waals surface area contributed by atoms with Crippen molar-refractivity contribution in [1.82, 2.24) is 9.29 Å². The fourth-order valence-corrected chi connectivity index (χ4v) is 6.43. The normalized spacial score (nSPS) is 18.0. The first kappa shape index (κ1) is 20.0. The zero-order chi connectivity index (χ0) is 20.4. The molecule has 1 aliphatic rings. The predicted molar refractivity (Wildman–Crippen MR) is 113 cm³/mol. The van der Waals surface area contributed by atoms with Crippen LogP contribution in [0.4, 0.5) is 0 Å². The van der Waals surface area contributed by atoms with E-state index in [4.69, 9.17) is 9.72 Å². The third-order valence-corrected chi connectivity index (χ3v) is 8.08. The van der Waals surface area contributed by atoms with Gasteiger partial charge < -0.3 is 4.74 Å². The second kappa shape index (κ2) is 8.22. The molecule has 0 amide bonds. The van der Waals surface area contributed by atoms with Gasteiger partial charge in [0, 0.05) is 6.54 Å². The van der Waals surface area contributed by atoms with Crippen molar-refractivity contribution in [2.75, 3.05) is 13.2 Å². The van der Waals surface area contributed by atoms with E-state index in [1.165, 1.54) is 24.3 Å². The predicted octanol–water partition coefficient (Wildman–Crippen LogP) is 4.39. The van der Waals surface area contributed by atoms with Crippen LogP contribution in [0.3, 0.4) is 0 Å². The largest absolute Gasteiger partial charge is 0.462 e. The molecule has 0 radical (unpaired) electrons. The van der Waals surface area contributed by atoms with E-state index in [0.29, 0.717) is 12.1 Å². The van der Waals surface area contributed by atoms with Crippen LogP contribution in [0.15, 0.2) is 53.4 Å². The molecule has 1 saturated heterocycles. The van der Waals surface area contributed by atoms with Gasteiger partial charge in [-0.2, -0.15) is 4.31 Å². The highest BCUT2D eigenvalue weighted by molar-refractivity contribution is 7.89.